The van der Waals surface area contributed by atoms with Crippen LogP contribution in [0.1, 0.15) is 54.9 Å². The number of rotatable bonds is 6. The third kappa shape index (κ3) is 4.16. The summed E-state index contributed by atoms with van der Waals surface area (Å²) >= 11 is 0. The lowest BCUT2D eigenvalue weighted by Crippen LogP contribution is -2.36. The number of amides is 1. The number of sulfonamides is 1. The lowest BCUT2D eigenvalue weighted by molar-refractivity contribution is 0.0792. The third-order valence-electron chi connectivity index (χ3n) is 4.59. The van der Waals surface area contributed by atoms with Crippen LogP contribution < -0.4 is 0 Å². The summed E-state index contributed by atoms with van der Waals surface area (Å²) in [5, 5.41) is 0. The predicted molar refractivity (Wildman–Crippen MR) is 95.7 cm³/mol. The highest BCUT2D eigenvalue weighted by Gasteiger charge is 2.27. The van der Waals surface area contributed by atoms with E-state index in [1.807, 2.05) is 6.92 Å². The van der Waals surface area contributed by atoms with E-state index < -0.39 is 10.0 Å². The van der Waals surface area contributed by atoms with Crippen LogP contribution >= 0.6 is 0 Å². The Balaban J connectivity index is 2.29. The minimum absolute atomic E-state index is 0.114. The number of piperidine rings is 1. The van der Waals surface area contributed by atoms with Crippen molar-refractivity contribution in [2.45, 2.75) is 50.8 Å². The fraction of sp³-hybridized carbons (Fsp3) is 0.611. The molecule has 0 N–H and O–H groups in total. The van der Waals surface area contributed by atoms with Crippen molar-refractivity contribution in [3.63, 3.8) is 0 Å². The topological polar surface area (TPSA) is 57.7 Å². The van der Waals surface area contributed by atoms with E-state index in [4.69, 9.17) is 0 Å². The predicted octanol–water partition coefficient (Wildman–Crippen LogP) is 3.04. The van der Waals surface area contributed by atoms with Crippen molar-refractivity contribution in [2.75, 3.05) is 26.7 Å². The van der Waals surface area contributed by atoms with Crippen molar-refractivity contribution in [1.29, 1.82) is 0 Å². The van der Waals surface area contributed by atoms with Crippen molar-refractivity contribution in [3.05, 3.63) is 29.3 Å². The van der Waals surface area contributed by atoms with Gasteiger partial charge < -0.3 is 4.90 Å². The molecule has 0 spiro atoms. The lowest BCUT2D eigenvalue weighted by Gasteiger charge is -2.26. The maximum absolute atomic E-state index is 12.8. The van der Waals surface area contributed by atoms with E-state index in [9.17, 15) is 13.2 Å². The number of carbonyl (C=O) groups is 1. The highest BCUT2D eigenvalue weighted by molar-refractivity contribution is 7.89. The van der Waals surface area contributed by atoms with Crippen molar-refractivity contribution < 1.29 is 13.2 Å². The van der Waals surface area contributed by atoms with Crippen LogP contribution in [0.3, 0.4) is 0 Å². The Kier molecular flexibility index (Phi) is 6.40. The zero-order valence-electron chi connectivity index (χ0n) is 14.9. The molecule has 1 aliphatic heterocycles. The smallest absolute Gasteiger partial charge is 0.253 e. The van der Waals surface area contributed by atoms with E-state index >= 15 is 0 Å². The van der Waals surface area contributed by atoms with Gasteiger partial charge in [0.25, 0.3) is 5.91 Å². The molecule has 24 heavy (non-hydrogen) atoms. The Morgan fingerprint density at radius 1 is 1.21 bits per heavy atom. The summed E-state index contributed by atoms with van der Waals surface area (Å²) in [4.78, 5) is 14.5. The van der Waals surface area contributed by atoms with Crippen molar-refractivity contribution >= 4 is 15.9 Å². The van der Waals surface area contributed by atoms with Crippen molar-refractivity contribution in [1.82, 2.24) is 9.21 Å². The summed E-state index contributed by atoms with van der Waals surface area (Å²) in [6.45, 7) is 5.73. The SMILES string of the molecule is CCCCN(C)C(=O)c1cc(S(=O)(=O)N2CCCCC2)ccc1C. The van der Waals surface area contributed by atoms with E-state index in [2.05, 4.69) is 6.92 Å². The van der Waals surface area contributed by atoms with Crippen LogP contribution in [0.15, 0.2) is 23.1 Å². The van der Waals surface area contributed by atoms with Crippen LogP contribution in [-0.4, -0.2) is 50.2 Å². The minimum Gasteiger partial charge on any atom is -0.342 e. The molecule has 0 bridgehead atoms. The maximum atomic E-state index is 12.8. The molecule has 1 saturated heterocycles. The molecule has 6 heteroatoms. The third-order valence-corrected chi connectivity index (χ3v) is 6.48. The van der Waals surface area contributed by atoms with Crippen molar-refractivity contribution in [3.8, 4) is 0 Å². The molecule has 0 saturated carbocycles. The number of hydrogen-bond acceptors (Lipinski definition) is 3. The second kappa shape index (κ2) is 8.12. The van der Waals surface area contributed by atoms with Gasteiger partial charge in [-0.1, -0.05) is 25.8 Å². The monoisotopic (exact) mass is 352 g/mol. The number of nitrogens with zero attached hydrogens (tertiary/aromatic N) is 2. The highest BCUT2D eigenvalue weighted by atomic mass is 32.2. The van der Waals surface area contributed by atoms with E-state index in [1.54, 1.807) is 30.1 Å². The Morgan fingerprint density at radius 2 is 1.88 bits per heavy atom. The van der Waals surface area contributed by atoms with Gasteiger partial charge in [0.05, 0.1) is 4.90 Å². The standard InChI is InChI=1S/C18H28N2O3S/c1-4-5-11-19(3)18(21)17-14-16(10-9-15(17)2)24(22,23)20-12-7-6-8-13-20/h9-10,14H,4-8,11-13H2,1-3H3. The summed E-state index contributed by atoms with van der Waals surface area (Å²) in [6.07, 6.45) is 4.83. The minimum atomic E-state index is -3.51. The van der Waals surface area contributed by atoms with Gasteiger partial charge in [-0.25, -0.2) is 8.42 Å². The number of aryl methyl sites for hydroxylation is 1. The van der Waals surface area contributed by atoms with E-state index in [-0.39, 0.29) is 10.8 Å². The Morgan fingerprint density at radius 3 is 2.50 bits per heavy atom. The Hall–Kier alpha value is -1.40. The number of hydrogen-bond donors (Lipinski definition) is 0. The molecule has 1 aromatic rings. The zero-order valence-corrected chi connectivity index (χ0v) is 15.7. The molecule has 0 aromatic heterocycles. The molecule has 1 heterocycles. The second-order valence-corrected chi connectivity index (χ2v) is 8.46. The van der Waals surface area contributed by atoms with Crippen LogP contribution in [0, 0.1) is 6.92 Å². The van der Waals surface area contributed by atoms with Gasteiger partial charge in [-0.3, -0.25) is 4.79 Å². The summed E-state index contributed by atoms with van der Waals surface area (Å²) in [5.74, 6) is -0.114. The van der Waals surface area contributed by atoms with E-state index in [0.717, 1.165) is 37.7 Å². The first kappa shape index (κ1) is 18.9. The van der Waals surface area contributed by atoms with Crippen LogP contribution in [0.4, 0.5) is 0 Å². The number of carbonyl (C=O) groups excluding carboxylic acids is 1. The summed E-state index contributed by atoms with van der Waals surface area (Å²) < 4.78 is 27.2. The largest absolute Gasteiger partial charge is 0.342 e. The molecule has 1 fully saturated rings. The Bertz CT molecular complexity index is 680. The molecular formula is C18H28N2O3S. The fourth-order valence-electron chi connectivity index (χ4n) is 2.95. The summed E-state index contributed by atoms with van der Waals surface area (Å²) in [7, 11) is -1.75. The molecule has 0 atom stereocenters. The molecule has 1 aliphatic rings. The first-order chi connectivity index (χ1) is 11.4. The van der Waals surface area contributed by atoms with Gasteiger partial charge >= 0.3 is 0 Å². The number of benzene rings is 1. The molecule has 1 amide bonds. The van der Waals surface area contributed by atoms with Crippen molar-refractivity contribution in [2.24, 2.45) is 0 Å². The van der Waals surface area contributed by atoms with Gasteiger partial charge in [0.2, 0.25) is 10.0 Å². The lowest BCUT2D eigenvalue weighted by atomic mass is 10.1. The molecule has 0 radical (unpaired) electrons. The molecule has 2 rings (SSSR count). The van der Waals surface area contributed by atoms with Gasteiger partial charge in [-0.05, 0) is 43.9 Å². The van der Waals surface area contributed by atoms with E-state index in [0.29, 0.717) is 25.2 Å². The molecular weight excluding hydrogens is 324 g/mol. The average Bonchev–Trinajstić information content (AvgIpc) is 2.60. The van der Waals surface area contributed by atoms with Gasteiger partial charge in [-0.2, -0.15) is 4.31 Å². The fourth-order valence-corrected chi connectivity index (χ4v) is 4.49. The average molecular weight is 353 g/mol. The number of unbranched alkanes of at least 4 members (excludes halogenated alkanes) is 1. The van der Waals surface area contributed by atoms with Crippen LogP contribution in [0.5, 0.6) is 0 Å². The van der Waals surface area contributed by atoms with Gasteiger partial charge in [0.1, 0.15) is 0 Å². The Labute approximate surface area is 145 Å². The first-order valence-electron chi connectivity index (χ1n) is 8.74. The quantitative estimate of drug-likeness (QED) is 0.791. The van der Waals surface area contributed by atoms with Crippen LogP contribution in [0.2, 0.25) is 0 Å². The van der Waals surface area contributed by atoms with E-state index in [1.165, 1.54) is 4.31 Å². The second-order valence-electron chi connectivity index (χ2n) is 6.52. The molecule has 134 valence electrons. The maximum Gasteiger partial charge on any atom is 0.253 e. The summed E-state index contributed by atoms with van der Waals surface area (Å²) in [6, 6.07) is 4.89. The molecule has 0 aliphatic carbocycles. The zero-order chi connectivity index (χ0) is 17.7. The van der Waals surface area contributed by atoms with Crippen LogP contribution in [-0.2, 0) is 10.0 Å². The van der Waals surface area contributed by atoms with Gasteiger partial charge in [0.15, 0.2) is 0 Å². The first-order valence-corrected chi connectivity index (χ1v) is 10.2. The summed E-state index contributed by atoms with van der Waals surface area (Å²) in [5.41, 5.74) is 1.28. The molecule has 1 aromatic carbocycles. The molecule has 0 unspecified atom stereocenters. The van der Waals surface area contributed by atoms with Gasteiger partial charge in [0, 0.05) is 32.2 Å². The highest BCUT2D eigenvalue weighted by Crippen LogP contribution is 2.23. The van der Waals surface area contributed by atoms with Gasteiger partial charge in [-0.15, -0.1) is 0 Å². The normalized spacial score (nSPS) is 16.1. The molecule has 5 nitrogen and oxygen atoms in total. The van der Waals surface area contributed by atoms with Crippen LogP contribution in [0.25, 0.3) is 0 Å².